The van der Waals surface area contributed by atoms with Gasteiger partial charge >= 0.3 is 0 Å². The summed E-state index contributed by atoms with van der Waals surface area (Å²) in [6.45, 7) is 2.21. The number of rotatable bonds is 11. The Morgan fingerprint density at radius 3 is 2.17 bits per heavy atom. The Morgan fingerprint density at radius 2 is 1.55 bits per heavy atom. The minimum atomic E-state index is -0.775. The molecule has 3 aromatic carbocycles. The van der Waals surface area contributed by atoms with E-state index in [0.29, 0.717) is 62.4 Å². The molecule has 2 atom stereocenters. The summed E-state index contributed by atoms with van der Waals surface area (Å²) in [5.41, 5.74) is 16.2. The predicted molar refractivity (Wildman–Crippen MR) is 153 cm³/mol. The number of ketones is 1. The molecule has 40 heavy (non-hydrogen) atoms. The van der Waals surface area contributed by atoms with Crippen LogP contribution in [0.25, 0.3) is 5.70 Å². The lowest BCUT2D eigenvalue weighted by molar-refractivity contribution is -0.384. The number of morpholine rings is 1. The summed E-state index contributed by atoms with van der Waals surface area (Å²) in [6, 6.07) is 22.2. The molecule has 1 aliphatic rings. The zero-order valence-corrected chi connectivity index (χ0v) is 22.3. The summed E-state index contributed by atoms with van der Waals surface area (Å²) in [5.74, 6) is -0.732. The van der Waals surface area contributed by atoms with E-state index in [1.165, 1.54) is 12.1 Å². The monoisotopic (exact) mass is 542 g/mol. The van der Waals surface area contributed by atoms with Crippen molar-refractivity contribution in [2.75, 3.05) is 26.3 Å². The van der Waals surface area contributed by atoms with Crippen LogP contribution < -0.4 is 11.5 Å². The maximum Gasteiger partial charge on any atom is 0.269 e. The number of allylic oxidation sites excluding steroid dienone is 1. The van der Waals surface area contributed by atoms with Crippen molar-refractivity contribution in [2.45, 2.75) is 25.3 Å². The molecule has 0 saturated carbocycles. The molecule has 9 nitrogen and oxygen atoms in total. The SMILES string of the molecule is NC(=C[C@H](CCc1ccccc1)C(=O)[C@@H](N)Cc1ccc(C(=O)N2CCOCC2)cc1)c1ccc([N+](=O)[O-])cc1. The Labute approximate surface area is 233 Å². The van der Waals surface area contributed by atoms with Gasteiger partial charge in [-0.3, -0.25) is 19.7 Å². The molecule has 0 aliphatic carbocycles. The summed E-state index contributed by atoms with van der Waals surface area (Å²) < 4.78 is 5.32. The Morgan fingerprint density at radius 1 is 0.925 bits per heavy atom. The lowest BCUT2D eigenvalue weighted by Crippen LogP contribution is -2.40. The van der Waals surface area contributed by atoms with Crippen LogP contribution in [0.3, 0.4) is 0 Å². The molecule has 9 heteroatoms. The molecule has 1 amide bonds. The molecule has 0 radical (unpaired) electrons. The zero-order valence-electron chi connectivity index (χ0n) is 22.3. The number of non-ortho nitro benzene ring substituents is 1. The Hall–Kier alpha value is -4.34. The van der Waals surface area contributed by atoms with Gasteiger partial charge < -0.3 is 21.1 Å². The van der Waals surface area contributed by atoms with Crippen molar-refractivity contribution in [1.29, 1.82) is 0 Å². The summed E-state index contributed by atoms with van der Waals surface area (Å²) in [6.07, 6.45) is 3.19. The fraction of sp³-hybridized carbons (Fsp3) is 0.290. The number of hydrogen-bond acceptors (Lipinski definition) is 7. The van der Waals surface area contributed by atoms with Crippen LogP contribution in [0, 0.1) is 16.0 Å². The number of nitrogens with zero attached hydrogens (tertiary/aromatic N) is 2. The number of amides is 1. The number of ether oxygens (including phenoxy) is 1. The highest BCUT2D eigenvalue weighted by atomic mass is 16.6. The van der Waals surface area contributed by atoms with E-state index in [9.17, 15) is 19.7 Å². The third-order valence-electron chi connectivity index (χ3n) is 7.06. The molecule has 1 heterocycles. The van der Waals surface area contributed by atoms with Crippen LogP contribution in [-0.2, 0) is 22.4 Å². The number of nitrogens with two attached hydrogens (primary N) is 2. The molecular formula is C31H34N4O5. The molecule has 3 aromatic rings. The van der Waals surface area contributed by atoms with Crippen LogP contribution in [0.2, 0.25) is 0 Å². The number of carbonyl (C=O) groups excluding carboxylic acids is 2. The first kappa shape index (κ1) is 28.7. The van der Waals surface area contributed by atoms with Gasteiger partial charge in [0.15, 0.2) is 5.78 Å². The second-order valence-electron chi connectivity index (χ2n) is 9.87. The number of aryl methyl sites for hydroxylation is 1. The minimum Gasteiger partial charge on any atom is -0.398 e. The molecule has 1 aliphatic heterocycles. The van der Waals surface area contributed by atoms with Crippen molar-refractivity contribution in [3.05, 3.63) is 117 Å². The summed E-state index contributed by atoms with van der Waals surface area (Å²) >= 11 is 0. The van der Waals surface area contributed by atoms with Crippen molar-refractivity contribution >= 4 is 23.1 Å². The van der Waals surface area contributed by atoms with Crippen LogP contribution in [0.5, 0.6) is 0 Å². The van der Waals surface area contributed by atoms with E-state index in [2.05, 4.69) is 0 Å². The van der Waals surface area contributed by atoms with Crippen molar-refractivity contribution < 1.29 is 19.2 Å². The van der Waals surface area contributed by atoms with Crippen molar-refractivity contribution in [2.24, 2.45) is 17.4 Å². The number of Topliss-reactive ketones (excluding diaryl/α,β-unsaturated/α-hetero) is 1. The standard InChI is InChI=1S/C31H34N4O5/c32-28(24-12-14-27(15-13-24)35(38)39)21-26(11-6-22-4-2-1-3-5-22)30(36)29(33)20-23-7-9-25(10-8-23)31(37)34-16-18-40-19-17-34/h1-5,7-10,12-15,21,26,29H,6,11,16-20,32-33H2/t26-,29-/m0/s1. The Kier molecular flexibility index (Phi) is 9.77. The van der Waals surface area contributed by atoms with Gasteiger partial charge in [0.1, 0.15) is 0 Å². The molecule has 0 spiro atoms. The zero-order chi connectivity index (χ0) is 28.5. The highest BCUT2D eigenvalue weighted by molar-refractivity contribution is 5.94. The lowest BCUT2D eigenvalue weighted by atomic mass is 9.88. The van der Waals surface area contributed by atoms with Gasteiger partial charge in [0.25, 0.3) is 11.6 Å². The summed E-state index contributed by atoms with van der Waals surface area (Å²) in [4.78, 5) is 38.6. The van der Waals surface area contributed by atoms with Crippen molar-refractivity contribution in [1.82, 2.24) is 4.90 Å². The van der Waals surface area contributed by atoms with E-state index < -0.39 is 16.9 Å². The maximum atomic E-state index is 13.6. The van der Waals surface area contributed by atoms with Crippen LogP contribution in [0.15, 0.2) is 84.9 Å². The van der Waals surface area contributed by atoms with Crippen LogP contribution in [0.4, 0.5) is 5.69 Å². The van der Waals surface area contributed by atoms with Gasteiger partial charge in [-0.05, 0) is 60.2 Å². The number of nitro groups is 1. The van der Waals surface area contributed by atoms with E-state index in [1.54, 1.807) is 35.2 Å². The number of carbonyl (C=O) groups is 2. The fourth-order valence-electron chi connectivity index (χ4n) is 4.73. The molecule has 4 rings (SSSR count). The summed E-state index contributed by atoms with van der Waals surface area (Å²) in [7, 11) is 0. The molecule has 0 unspecified atom stereocenters. The molecule has 1 saturated heterocycles. The van der Waals surface area contributed by atoms with E-state index in [-0.39, 0.29) is 17.4 Å². The van der Waals surface area contributed by atoms with Crippen LogP contribution in [-0.4, -0.2) is 53.9 Å². The number of nitro benzene ring substituents is 1. The van der Waals surface area contributed by atoms with Gasteiger partial charge in [-0.2, -0.15) is 0 Å². The second kappa shape index (κ2) is 13.6. The molecular weight excluding hydrogens is 508 g/mol. The van der Waals surface area contributed by atoms with Gasteiger partial charge in [-0.1, -0.05) is 48.5 Å². The van der Waals surface area contributed by atoms with E-state index in [4.69, 9.17) is 16.2 Å². The summed E-state index contributed by atoms with van der Waals surface area (Å²) in [5, 5.41) is 11.0. The largest absolute Gasteiger partial charge is 0.398 e. The molecule has 1 fully saturated rings. The number of hydrogen-bond donors (Lipinski definition) is 2. The van der Waals surface area contributed by atoms with Crippen molar-refractivity contribution in [3.8, 4) is 0 Å². The molecule has 4 N–H and O–H groups in total. The lowest BCUT2D eigenvalue weighted by Gasteiger charge is -2.27. The van der Waals surface area contributed by atoms with E-state index in [0.717, 1.165) is 11.1 Å². The van der Waals surface area contributed by atoms with Gasteiger partial charge in [0.2, 0.25) is 0 Å². The highest BCUT2D eigenvalue weighted by Crippen LogP contribution is 2.22. The average Bonchev–Trinajstić information content (AvgIpc) is 2.99. The molecule has 0 bridgehead atoms. The van der Waals surface area contributed by atoms with Gasteiger partial charge in [0, 0.05) is 42.4 Å². The van der Waals surface area contributed by atoms with Gasteiger partial charge in [-0.15, -0.1) is 0 Å². The first-order valence-corrected chi connectivity index (χ1v) is 13.3. The maximum absolute atomic E-state index is 13.6. The van der Waals surface area contributed by atoms with Gasteiger partial charge in [0.05, 0.1) is 24.2 Å². The first-order valence-electron chi connectivity index (χ1n) is 13.3. The van der Waals surface area contributed by atoms with E-state index >= 15 is 0 Å². The molecule has 208 valence electrons. The second-order valence-corrected chi connectivity index (χ2v) is 9.87. The predicted octanol–water partition coefficient (Wildman–Crippen LogP) is 3.75. The van der Waals surface area contributed by atoms with Crippen LogP contribution >= 0.6 is 0 Å². The quantitative estimate of drug-likeness (QED) is 0.278. The average molecular weight is 543 g/mol. The van der Waals surface area contributed by atoms with E-state index in [1.807, 2.05) is 42.5 Å². The Bertz CT molecular complexity index is 1330. The molecule has 0 aromatic heterocycles. The van der Waals surface area contributed by atoms with Gasteiger partial charge in [-0.25, -0.2) is 0 Å². The number of benzene rings is 3. The van der Waals surface area contributed by atoms with Crippen molar-refractivity contribution in [3.63, 3.8) is 0 Å². The topological polar surface area (TPSA) is 142 Å². The van der Waals surface area contributed by atoms with Crippen LogP contribution in [0.1, 0.15) is 33.5 Å². The smallest absolute Gasteiger partial charge is 0.269 e. The Balaban J connectivity index is 1.47. The minimum absolute atomic E-state index is 0.0343. The first-order chi connectivity index (χ1) is 19.3. The normalized spacial score (nSPS) is 15.3. The third-order valence-corrected chi connectivity index (χ3v) is 7.06. The fourth-order valence-corrected chi connectivity index (χ4v) is 4.73. The third kappa shape index (κ3) is 7.62. The highest BCUT2D eigenvalue weighted by Gasteiger charge is 2.24.